The van der Waals surface area contributed by atoms with Crippen molar-refractivity contribution < 1.29 is 9.90 Å². The number of carbonyl (C=O) groups excluding carboxylic acids is 1. The topological polar surface area (TPSA) is 61.4 Å². The Morgan fingerprint density at radius 2 is 2.22 bits per heavy atom. The van der Waals surface area contributed by atoms with Crippen molar-refractivity contribution in [2.75, 3.05) is 20.7 Å². The Morgan fingerprint density at radius 3 is 2.33 bits per heavy atom. The minimum atomic E-state index is -0.477. The predicted molar refractivity (Wildman–Crippen MR) is 34.0 cm³/mol. The van der Waals surface area contributed by atoms with Crippen LogP contribution in [0.5, 0.6) is 0 Å². The van der Waals surface area contributed by atoms with E-state index in [-0.39, 0.29) is 12.5 Å². The highest BCUT2D eigenvalue weighted by molar-refractivity contribution is 5.81. The molecule has 1 amide bonds. The third-order valence-corrected chi connectivity index (χ3v) is 1.09. The molecule has 0 bridgehead atoms. The van der Waals surface area contributed by atoms with Crippen molar-refractivity contribution >= 4 is 5.91 Å². The average Bonchev–Trinajstić information content (AvgIpc) is 1.90. The third kappa shape index (κ3) is 2.43. The molecule has 0 saturated carbocycles. The zero-order chi connectivity index (χ0) is 7.28. The molecule has 0 aliphatic heterocycles. The standard InChI is InChI=1S/C5H12N2O2/c1-6-4(3-8)5(9)7-2/h4,6,8H,3H2,1-2H3,(H,7,9). The Balaban J connectivity index is 3.64. The number of aliphatic hydroxyl groups is 1. The van der Waals surface area contributed by atoms with Gasteiger partial charge in [-0.05, 0) is 7.05 Å². The Kier molecular flexibility index (Phi) is 4.00. The lowest BCUT2D eigenvalue weighted by Crippen LogP contribution is -2.43. The Bertz CT molecular complexity index is 91.0. The summed E-state index contributed by atoms with van der Waals surface area (Å²) in [5.74, 6) is -0.194. The summed E-state index contributed by atoms with van der Waals surface area (Å²) in [5.41, 5.74) is 0. The second-order valence-electron chi connectivity index (χ2n) is 1.64. The molecule has 9 heavy (non-hydrogen) atoms. The summed E-state index contributed by atoms with van der Waals surface area (Å²) in [6.45, 7) is -0.170. The predicted octanol–water partition coefficient (Wildman–Crippen LogP) is -1.69. The van der Waals surface area contributed by atoms with Crippen LogP contribution in [0.2, 0.25) is 0 Å². The molecule has 4 nitrogen and oxygen atoms in total. The molecule has 54 valence electrons. The molecule has 0 saturated heterocycles. The van der Waals surface area contributed by atoms with E-state index in [9.17, 15) is 4.79 Å². The molecule has 0 aromatic rings. The van der Waals surface area contributed by atoms with Crippen LogP contribution in [0.4, 0.5) is 0 Å². The molecule has 0 aromatic heterocycles. The maximum absolute atomic E-state index is 10.6. The van der Waals surface area contributed by atoms with E-state index in [0.717, 1.165) is 0 Å². The molecule has 0 spiro atoms. The molecule has 1 unspecified atom stereocenters. The number of rotatable bonds is 3. The van der Waals surface area contributed by atoms with E-state index < -0.39 is 6.04 Å². The van der Waals surface area contributed by atoms with Gasteiger partial charge in [0.25, 0.3) is 0 Å². The van der Waals surface area contributed by atoms with Crippen LogP contribution in [-0.4, -0.2) is 37.8 Å². The molecule has 0 rings (SSSR count). The highest BCUT2D eigenvalue weighted by Gasteiger charge is 2.11. The van der Waals surface area contributed by atoms with Gasteiger partial charge in [-0.2, -0.15) is 0 Å². The van der Waals surface area contributed by atoms with E-state index in [0.29, 0.717) is 0 Å². The number of amides is 1. The van der Waals surface area contributed by atoms with E-state index in [1.54, 1.807) is 7.05 Å². The lowest BCUT2D eigenvalue weighted by molar-refractivity contribution is -0.123. The second kappa shape index (κ2) is 4.29. The molecular formula is C5H12N2O2. The lowest BCUT2D eigenvalue weighted by atomic mass is 10.3. The van der Waals surface area contributed by atoms with Gasteiger partial charge in [-0.3, -0.25) is 4.79 Å². The number of hydrogen-bond acceptors (Lipinski definition) is 3. The van der Waals surface area contributed by atoms with Crippen molar-refractivity contribution in [1.82, 2.24) is 10.6 Å². The Morgan fingerprint density at radius 1 is 1.67 bits per heavy atom. The minimum absolute atomic E-state index is 0.170. The second-order valence-corrected chi connectivity index (χ2v) is 1.64. The third-order valence-electron chi connectivity index (χ3n) is 1.09. The van der Waals surface area contributed by atoms with Crippen molar-refractivity contribution in [2.24, 2.45) is 0 Å². The molecule has 0 radical (unpaired) electrons. The van der Waals surface area contributed by atoms with Gasteiger partial charge < -0.3 is 15.7 Å². The van der Waals surface area contributed by atoms with Crippen LogP contribution in [0.25, 0.3) is 0 Å². The maximum Gasteiger partial charge on any atom is 0.239 e. The summed E-state index contributed by atoms with van der Waals surface area (Å²) < 4.78 is 0. The molecule has 4 heteroatoms. The van der Waals surface area contributed by atoms with Crippen LogP contribution in [0, 0.1) is 0 Å². The van der Waals surface area contributed by atoms with Crippen molar-refractivity contribution in [3.8, 4) is 0 Å². The molecule has 0 fully saturated rings. The molecule has 0 heterocycles. The number of aliphatic hydroxyl groups excluding tert-OH is 1. The van der Waals surface area contributed by atoms with Crippen LogP contribution in [0.15, 0.2) is 0 Å². The average molecular weight is 132 g/mol. The van der Waals surface area contributed by atoms with E-state index in [2.05, 4.69) is 10.6 Å². The first-order chi connectivity index (χ1) is 4.26. The van der Waals surface area contributed by atoms with E-state index in [4.69, 9.17) is 5.11 Å². The van der Waals surface area contributed by atoms with Gasteiger partial charge in [0.1, 0.15) is 6.04 Å². The fraction of sp³-hybridized carbons (Fsp3) is 0.800. The molecule has 3 N–H and O–H groups in total. The SMILES string of the molecule is CNC(=O)C(CO)NC. The van der Waals surface area contributed by atoms with E-state index in [1.807, 2.05) is 0 Å². The number of hydrogen-bond donors (Lipinski definition) is 3. The first-order valence-corrected chi connectivity index (χ1v) is 2.76. The summed E-state index contributed by atoms with van der Waals surface area (Å²) in [6.07, 6.45) is 0. The first-order valence-electron chi connectivity index (χ1n) is 2.76. The molecular weight excluding hydrogens is 120 g/mol. The number of nitrogens with one attached hydrogen (secondary N) is 2. The number of likely N-dealkylation sites (N-methyl/N-ethyl adjacent to an activating group) is 2. The first kappa shape index (κ1) is 8.39. The van der Waals surface area contributed by atoms with Gasteiger partial charge in [-0.25, -0.2) is 0 Å². The summed E-state index contributed by atoms with van der Waals surface area (Å²) in [7, 11) is 3.15. The summed E-state index contributed by atoms with van der Waals surface area (Å²) in [4.78, 5) is 10.6. The minimum Gasteiger partial charge on any atom is -0.394 e. The molecule has 0 aliphatic carbocycles. The fourth-order valence-corrected chi connectivity index (χ4v) is 0.480. The van der Waals surface area contributed by atoms with Crippen molar-refractivity contribution in [3.05, 3.63) is 0 Å². The zero-order valence-electron chi connectivity index (χ0n) is 5.64. The van der Waals surface area contributed by atoms with Crippen molar-refractivity contribution in [3.63, 3.8) is 0 Å². The molecule has 1 atom stereocenters. The van der Waals surface area contributed by atoms with E-state index in [1.165, 1.54) is 7.05 Å². The highest BCUT2D eigenvalue weighted by Crippen LogP contribution is 1.77. The fourth-order valence-electron chi connectivity index (χ4n) is 0.480. The smallest absolute Gasteiger partial charge is 0.239 e. The van der Waals surface area contributed by atoms with E-state index >= 15 is 0 Å². The quantitative estimate of drug-likeness (QED) is 0.429. The largest absolute Gasteiger partial charge is 0.394 e. The molecule has 0 aromatic carbocycles. The van der Waals surface area contributed by atoms with Crippen LogP contribution < -0.4 is 10.6 Å². The van der Waals surface area contributed by atoms with Crippen LogP contribution in [-0.2, 0) is 4.79 Å². The van der Waals surface area contributed by atoms with Gasteiger partial charge in [0.2, 0.25) is 5.91 Å². The zero-order valence-corrected chi connectivity index (χ0v) is 5.64. The number of carbonyl (C=O) groups is 1. The van der Waals surface area contributed by atoms with Gasteiger partial charge in [0.15, 0.2) is 0 Å². The van der Waals surface area contributed by atoms with Crippen LogP contribution in [0.1, 0.15) is 0 Å². The van der Waals surface area contributed by atoms with Gasteiger partial charge in [0, 0.05) is 7.05 Å². The van der Waals surface area contributed by atoms with Crippen LogP contribution in [0.3, 0.4) is 0 Å². The van der Waals surface area contributed by atoms with Gasteiger partial charge in [-0.1, -0.05) is 0 Å². The normalized spacial score (nSPS) is 12.8. The summed E-state index contributed by atoms with van der Waals surface area (Å²) in [5, 5.41) is 13.6. The van der Waals surface area contributed by atoms with Crippen molar-refractivity contribution in [2.45, 2.75) is 6.04 Å². The van der Waals surface area contributed by atoms with Crippen LogP contribution >= 0.6 is 0 Å². The van der Waals surface area contributed by atoms with Crippen molar-refractivity contribution in [1.29, 1.82) is 0 Å². The van der Waals surface area contributed by atoms with Gasteiger partial charge in [-0.15, -0.1) is 0 Å². The lowest BCUT2D eigenvalue weighted by Gasteiger charge is -2.09. The molecule has 0 aliphatic rings. The highest BCUT2D eigenvalue weighted by atomic mass is 16.3. The van der Waals surface area contributed by atoms with Gasteiger partial charge >= 0.3 is 0 Å². The Hall–Kier alpha value is -0.610. The Labute approximate surface area is 54.3 Å². The summed E-state index contributed by atoms with van der Waals surface area (Å²) >= 11 is 0. The monoisotopic (exact) mass is 132 g/mol. The maximum atomic E-state index is 10.6. The summed E-state index contributed by atoms with van der Waals surface area (Å²) in [6, 6.07) is -0.477. The van der Waals surface area contributed by atoms with Gasteiger partial charge in [0.05, 0.1) is 6.61 Å².